The van der Waals surface area contributed by atoms with E-state index in [1.165, 1.54) is 0 Å². The summed E-state index contributed by atoms with van der Waals surface area (Å²) in [5.41, 5.74) is 6.56. The van der Waals surface area contributed by atoms with Crippen LogP contribution < -0.4 is 15.6 Å². The zero-order valence-electron chi connectivity index (χ0n) is 11.4. The van der Waals surface area contributed by atoms with E-state index in [1.807, 2.05) is 17.0 Å². The van der Waals surface area contributed by atoms with Crippen LogP contribution in [0.15, 0.2) is 0 Å². The van der Waals surface area contributed by atoms with Crippen LogP contribution in [0.3, 0.4) is 0 Å². The van der Waals surface area contributed by atoms with Gasteiger partial charge in [0.25, 0.3) is 0 Å². The molecule has 106 valence electrons. The Morgan fingerprint density at radius 3 is 2.57 bits per heavy atom. The number of aliphatic hydroxyl groups is 1. The highest BCUT2D eigenvalue weighted by molar-refractivity contribution is 5.64. The second-order valence-corrected chi connectivity index (χ2v) is 4.92. The number of aromatic amines is 1. The summed E-state index contributed by atoms with van der Waals surface area (Å²) in [5.74, 6) is 0.606. The topological polar surface area (TPSA) is 135 Å². The normalized spacial score (nSPS) is 17.6. The maximum absolute atomic E-state index is 9.77. The summed E-state index contributed by atoms with van der Waals surface area (Å²) in [6.45, 7) is 1.07. The Balaban J connectivity index is 2.59. The molecule has 2 rings (SSSR count). The summed E-state index contributed by atoms with van der Waals surface area (Å²) in [4.78, 5) is 4.71. The molecule has 1 atom stereocenters. The van der Waals surface area contributed by atoms with E-state index in [2.05, 4.69) is 11.1 Å². The molecule has 1 aliphatic rings. The molecule has 0 unspecified atom stereocenters. The first-order valence-corrected chi connectivity index (χ1v) is 6.60. The van der Waals surface area contributed by atoms with Gasteiger partial charge in [-0.15, -0.1) is 0 Å². The lowest BCUT2D eigenvalue weighted by molar-refractivity contribution is -0.347. The third-order valence-corrected chi connectivity index (χ3v) is 3.55. The molecule has 21 heavy (non-hydrogen) atoms. The zero-order chi connectivity index (χ0) is 15.4. The van der Waals surface area contributed by atoms with Gasteiger partial charge in [0, 0.05) is 5.56 Å². The summed E-state index contributed by atoms with van der Waals surface area (Å²) in [6, 6.07) is 5.95. The number of rotatable bonds is 2. The third kappa shape index (κ3) is 2.72. The molecule has 0 bridgehead atoms. The fourth-order valence-electron chi connectivity index (χ4n) is 2.58. The van der Waals surface area contributed by atoms with E-state index in [4.69, 9.17) is 16.3 Å². The van der Waals surface area contributed by atoms with Gasteiger partial charge in [0.15, 0.2) is 0 Å². The highest BCUT2D eigenvalue weighted by Gasteiger charge is 2.29. The summed E-state index contributed by atoms with van der Waals surface area (Å²) in [6.07, 6.45) is 0.992. The maximum atomic E-state index is 9.77. The Bertz CT molecular complexity index is 679. The largest absolute Gasteiger partial charge is 0.390 e. The fourth-order valence-corrected chi connectivity index (χ4v) is 2.58. The van der Waals surface area contributed by atoms with Gasteiger partial charge in [-0.3, -0.25) is 4.90 Å². The Labute approximate surface area is 122 Å². The molecule has 0 saturated carbocycles. The van der Waals surface area contributed by atoms with E-state index >= 15 is 0 Å². The standard InChI is InChI=1S/C14H14N6O/c15-4-3-10-11(6-16)13(18)19-14(12(10)7-17)20-5-1-2-9(21)8-20/h9,21H,1-3,5,8H2,(H2,18,19)/p+1/t9-/m1/s1. The maximum Gasteiger partial charge on any atom is 0.240 e. The lowest BCUT2D eigenvalue weighted by Crippen LogP contribution is -2.42. The Morgan fingerprint density at radius 2 is 2.00 bits per heavy atom. The lowest BCUT2D eigenvalue weighted by Gasteiger charge is -2.28. The second kappa shape index (κ2) is 6.09. The number of H-pyrrole nitrogens is 1. The molecule has 1 fully saturated rings. The number of hydrogen-bond donors (Lipinski definition) is 2. The summed E-state index contributed by atoms with van der Waals surface area (Å²) in [5, 5.41) is 37.3. The van der Waals surface area contributed by atoms with Crippen LogP contribution in [0.4, 0.5) is 11.6 Å². The minimum atomic E-state index is -0.463. The van der Waals surface area contributed by atoms with Crippen molar-refractivity contribution in [3.05, 3.63) is 16.7 Å². The molecule has 7 nitrogen and oxygen atoms in total. The zero-order valence-corrected chi connectivity index (χ0v) is 11.4. The lowest BCUT2D eigenvalue weighted by atomic mass is 9.99. The number of aromatic nitrogens is 1. The molecule has 1 aromatic heterocycles. The molecule has 0 spiro atoms. The van der Waals surface area contributed by atoms with Gasteiger partial charge < -0.3 is 10.8 Å². The molecule has 4 N–H and O–H groups in total. The molecule has 0 radical (unpaired) electrons. The average molecular weight is 283 g/mol. The average Bonchev–Trinajstić information content (AvgIpc) is 2.47. The van der Waals surface area contributed by atoms with Crippen molar-refractivity contribution in [2.75, 3.05) is 23.7 Å². The number of anilines is 2. The Kier molecular flexibility index (Phi) is 4.23. The molecular weight excluding hydrogens is 268 g/mol. The number of nitriles is 3. The van der Waals surface area contributed by atoms with E-state index in [0.29, 0.717) is 24.5 Å². The van der Waals surface area contributed by atoms with Gasteiger partial charge in [-0.25, -0.2) is 4.98 Å². The molecule has 1 aliphatic heterocycles. The number of nitrogens with zero attached hydrogens (tertiary/aromatic N) is 4. The van der Waals surface area contributed by atoms with Gasteiger partial charge in [-0.05, 0) is 12.8 Å². The number of nitrogens with two attached hydrogens (primary N) is 1. The quantitative estimate of drug-likeness (QED) is 0.775. The van der Waals surface area contributed by atoms with E-state index in [-0.39, 0.29) is 23.4 Å². The molecule has 0 aromatic carbocycles. The van der Waals surface area contributed by atoms with Crippen molar-refractivity contribution in [1.29, 1.82) is 15.8 Å². The van der Waals surface area contributed by atoms with Crippen LogP contribution in [0.2, 0.25) is 0 Å². The molecule has 0 aliphatic carbocycles. The van der Waals surface area contributed by atoms with Crippen LogP contribution in [0.25, 0.3) is 0 Å². The molecule has 2 heterocycles. The summed E-state index contributed by atoms with van der Waals surface area (Å²) >= 11 is 0. The first-order valence-electron chi connectivity index (χ1n) is 6.60. The van der Waals surface area contributed by atoms with Gasteiger partial charge in [0.2, 0.25) is 11.6 Å². The van der Waals surface area contributed by atoms with Gasteiger partial charge in [0.1, 0.15) is 23.3 Å². The first kappa shape index (κ1) is 14.6. The highest BCUT2D eigenvalue weighted by Crippen LogP contribution is 2.26. The predicted octanol–water partition coefficient (Wildman–Crippen LogP) is -0.147. The number of hydrogen-bond acceptors (Lipinski definition) is 6. The van der Waals surface area contributed by atoms with Crippen molar-refractivity contribution in [3.8, 4) is 18.2 Å². The predicted molar refractivity (Wildman–Crippen MR) is 73.6 cm³/mol. The summed E-state index contributed by atoms with van der Waals surface area (Å²) < 4.78 is 0. The van der Waals surface area contributed by atoms with Crippen LogP contribution in [0.1, 0.15) is 29.5 Å². The minimum Gasteiger partial charge on any atom is -0.390 e. The SMILES string of the molecule is N#CCc1c(C#N)c(N)[nH+]c(N2CCC[C@@H](O)C2)c1C#N. The molecule has 1 saturated heterocycles. The van der Waals surface area contributed by atoms with Crippen molar-refractivity contribution < 1.29 is 10.1 Å². The highest BCUT2D eigenvalue weighted by atomic mass is 16.3. The van der Waals surface area contributed by atoms with Crippen LogP contribution in [0, 0.1) is 34.0 Å². The molecule has 1 aromatic rings. The van der Waals surface area contributed by atoms with Gasteiger partial charge in [-0.1, -0.05) is 0 Å². The Hall–Kier alpha value is -2.82. The summed E-state index contributed by atoms with van der Waals surface area (Å²) in [7, 11) is 0. The minimum absolute atomic E-state index is 0.0614. The van der Waals surface area contributed by atoms with Crippen LogP contribution >= 0.6 is 0 Å². The number of nitrogens with one attached hydrogen (secondary N) is 1. The van der Waals surface area contributed by atoms with Crippen molar-refractivity contribution in [3.63, 3.8) is 0 Å². The first-order chi connectivity index (χ1) is 10.1. The third-order valence-electron chi connectivity index (χ3n) is 3.55. The number of pyridine rings is 1. The molecular formula is C14H15N6O+. The van der Waals surface area contributed by atoms with E-state index in [1.54, 1.807) is 0 Å². The molecule has 0 amide bonds. The number of β-amino-alcohol motifs (C(OH)–C–C–N with tert-alkyl or cyclic N) is 1. The Morgan fingerprint density at radius 1 is 1.29 bits per heavy atom. The van der Waals surface area contributed by atoms with Gasteiger partial charge >= 0.3 is 0 Å². The number of piperidine rings is 1. The smallest absolute Gasteiger partial charge is 0.240 e. The van der Waals surface area contributed by atoms with Crippen molar-refractivity contribution in [2.24, 2.45) is 0 Å². The van der Waals surface area contributed by atoms with Crippen LogP contribution in [0.5, 0.6) is 0 Å². The molecule has 7 heteroatoms. The van der Waals surface area contributed by atoms with Gasteiger partial charge in [-0.2, -0.15) is 15.8 Å². The number of aliphatic hydroxyl groups excluding tert-OH is 1. The van der Waals surface area contributed by atoms with Crippen molar-refractivity contribution in [1.82, 2.24) is 0 Å². The van der Waals surface area contributed by atoms with Crippen LogP contribution in [-0.2, 0) is 6.42 Å². The van der Waals surface area contributed by atoms with Crippen molar-refractivity contribution >= 4 is 11.6 Å². The van der Waals surface area contributed by atoms with Gasteiger partial charge in [0.05, 0.1) is 31.7 Å². The fraction of sp³-hybridized carbons (Fsp3) is 0.429. The number of nitrogen functional groups attached to an aromatic ring is 1. The van der Waals surface area contributed by atoms with Crippen molar-refractivity contribution in [2.45, 2.75) is 25.4 Å². The second-order valence-electron chi connectivity index (χ2n) is 4.92. The van der Waals surface area contributed by atoms with E-state index < -0.39 is 6.10 Å². The van der Waals surface area contributed by atoms with E-state index in [0.717, 1.165) is 12.8 Å². The van der Waals surface area contributed by atoms with Crippen LogP contribution in [-0.4, -0.2) is 24.3 Å². The monoisotopic (exact) mass is 283 g/mol. The van der Waals surface area contributed by atoms with E-state index in [9.17, 15) is 10.4 Å².